The fourth-order valence-corrected chi connectivity index (χ4v) is 1.77. The summed E-state index contributed by atoms with van der Waals surface area (Å²) in [5, 5.41) is 12.2. The molecule has 1 atom stereocenters. The highest BCUT2D eigenvalue weighted by atomic mass is 16.5. The zero-order chi connectivity index (χ0) is 11.6. The monoisotopic (exact) mass is 222 g/mol. The van der Waals surface area contributed by atoms with E-state index >= 15 is 0 Å². The molecule has 1 aliphatic heterocycles. The molecule has 5 nitrogen and oxygen atoms in total. The number of ether oxygens (including phenoxy) is 1. The van der Waals surface area contributed by atoms with Gasteiger partial charge in [-0.1, -0.05) is 0 Å². The molecule has 0 aliphatic carbocycles. The maximum atomic E-state index is 11.0. The SMILES string of the molecule is CC1(Nc2cccnc2C(=O)O)CCOC1. The van der Waals surface area contributed by atoms with Crippen molar-refractivity contribution in [2.24, 2.45) is 0 Å². The molecular weight excluding hydrogens is 208 g/mol. The van der Waals surface area contributed by atoms with Crippen molar-refractivity contribution >= 4 is 11.7 Å². The minimum absolute atomic E-state index is 0.0515. The number of aromatic carboxylic acids is 1. The van der Waals surface area contributed by atoms with Crippen LogP contribution in [0.25, 0.3) is 0 Å². The summed E-state index contributed by atoms with van der Waals surface area (Å²) in [6.45, 7) is 3.30. The lowest BCUT2D eigenvalue weighted by Gasteiger charge is -2.25. The molecule has 2 N–H and O–H groups in total. The van der Waals surface area contributed by atoms with E-state index in [0.29, 0.717) is 18.9 Å². The molecule has 1 fully saturated rings. The Kier molecular flexibility index (Phi) is 2.78. The summed E-state index contributed by atoms with van der Waals surface area (Å²) in [5.41, 5.74) is 0.395. The topological polar surface area (TPSA) is 71.5 Å². The molecule has 1 saturated heterocycles. The van der Waals surface area contributed by atoms with E-state index in [9.17, 15) is 4.79 Å². The normalized spacial score (nSPS) is 24.3. The summed E-state index contributed by atoms with van der Waals surface area (Å²) >= 11 is 0. The zero-order valence-corrected chi connectivity index (χ0v) is 9.06. The molecule has 1 aromatic heterocycles. The highest BCUT2D eigenvalue weighted by Gasteiger charge is 2.30. The smallest absolute Gasteiger partial charge is 0.356 e. The molecular formula is C11H14N2O3. The second-order valence-electron chi connectivity index (χ2n) is 4.19. The number of carbonyl (C=O) groups is 1. The Morgan fingerprint density at radius 3 is 3.12 bits per heavy atom. The van der Waals surface area contributed by atoms with Crippen molar-refractivity contribution in [3.63, 3.8) is 0 Å². The summed E-state index contributed by atoms with van der Waals surface area (Å²) in [5.74, 6) is -1.02. The number of anilines is 1. The number of hydrogen-bond donors (Lipinski definition) is 2. The van der Waals surface area contributed by atoms with Gasteiger partial charge in [-0.2, -0.15) is 0 Å². The van der Waals surface area contributed by atoms with Crippen molar-refractivity contribution in [3.05, 3.63) is 24.0 Å². The van der Waals surface area contributed by atoms with Crippen LogP contribution in [0.2, 0.25) is 0 Å². The van der Waals surface area contributed by atoms with Gasteiger partial charge in [-0.25, -0.2) is 9.78 Å². The first-order valence-electron chi connectivity index (χ1n) is 5.15. The van der Waals surface area contributed by atoms with Gasteiger partial charge in [0.2, 0.25) is 0 Å². The molecule has 0 spiro atoms. The van der Waals surface area contributed by atoms with E-state index in [1.807, 2.05) is 6.92 Å². The van der Waals surface area contributed by atoms with Crippen LogP contribution in [-0.2, 0) is 4.74 Å². The molecule has 2 rings (SSSR count). The maximum Gasteiger partial charge on any atom is 0.356 e. The third-order valence-electron chi connectivity index (χ3n) is 2.67. The molecule has 1 unspecified atom stereocenters. The van der Waals surface area contributed by atoms with Gasteiger partial charge < -0.3 is 15.2 Å². The van der Waals surface area contributed by atoms with Crippen molar-refractivity contribution < 1.29 is 14.6 Å². The van der Waals surface area contributed by atoms with Crippen LogP contribution in [0, 0.1) is 0 Å². The number of carboxylic acid groups (broad SMARTS) is 1. The van der Waals surface area contributed by atoms with Crippen LogP contribution in [0.15, 0.2) is 18.3 Å². The van der Waals surface area contributed by atoms with Crippen LogP contribution < -0.4 is 5.32 Å². The molecule has 5 heteroatoms. The first kappa shape index (κ1) is 10.9. The average molecular weight is 222 g/mol. The molecule has 0 aromatic carbocycles. The molecule has 0 saturated carbocycles. The van der Waals surface area contributed by atoms with Crippen LogP contribution in [0.4, 0.5) is 5.69 Å². The van der Waals surface area contributed by atoms with E-state index in [1.165, 1.54) is 6.20 Å². The Morgan fingerprint density at radius 2 is 2.50 bits per heavy atom. The fourth-order valence-electron chi connectivity index (χ4n) is 1.77. The van der Waals surface area contributed by atoms with Gasteiger partial charge in [0, 0.05) is 12.8 Å². The van der Waals surface area contributed by atoms with Crippen molar-refractivity contribution in [1.82, 2.24) is 4.98 Å². The fraction of sp³-hybridized carbons (Fsp3) is 0.455. The minimum atomic E-state index is -1.02. The molecule has 1 aromatic rings. The van der Waals surface area contributed by atoms with E-state index in [1.54, 1.807) is 12.1 Å². The Balaban J connectivity index is 2.23. The van der Waals surface area contributed by atoms with Crippen LogP contribution in [0.5, 0.6) is 0 Å². The number of pyridine rings is 1. The van der Waals surface area contributed by atoms with E-state index in [2.05, 4.69) is 10.3 Å². The minimum Gasteiger partial charge on any atom is -0.476 e. The first-order chi connectivity index (χ1) is 7.61. The van der Waals surface area contributed by atoms with Gasteiger partial charge in [0.15, 0.2) is 5.69 Å². The Bertz CT molecular complexity index is 400. The molecule has 0 amide bonds. The number of rotatable bonds is 3. The molecule has 0 bridgehead atoms. The summed E-state index contributed by atoms with van der Waals surface area (Å²) < 4.78 is 5.30. The summed E-state index contributed by atoms with van der Waals surface area (Å²) in [6.07, 6.45) is 2.34. The first-order valence-corrected chi connectivity index (χ1v) is 5.15. The molecule has 86 valence electrons. The van der Waals surface area contributed by atoms with Gasteiger partial charge in [0.05, 0.1) is 17.8 Å². The van der Waals surface area contributed by atoms with Crippen molar-refractivity contribution in [3.8, 4) is 0 Å². The number of aromatic nitrogens is 1. The molecule has 2 heterocycles. The van der Waals surface area contributed by atoms with Crippen LogP contribution in [0.1, 0.15) is 23.8 Å². The third-order valence-corrected chi connectivity index (χ3v) is 2.67. The summed E-state index contributed by atoms with van der Waals surface area (Å²) in [4.78, 5) is 14.8. The molecule has 1 aliphatic rings. The lowest BCUT2D eigenvalue weighted by Crippen LogP contribution is -2.35. The molecule has 0 radical (unpaired) electrons. The van der Waals surface area contributed by atoms with Crippen molar-refractivity contribution in [2.45, 2.75) is 18.9 Å². The zero-order valence-electron chi connectivity index (χ0n) is 9.06. The second-order valence-corrected chi connectivity index (χ2v) is 4.19. The van der Waals surface area contributed by atoms with Gasteiger partial charge in [-0.3, -0.25) is 0 Å². The largest absolute Gasteiger partial charge is 0.476 e. The quantitative estimate of drug-likeness (QED) is 0.808. The Morgan fingerprint density at radius 1 is 1.69 bits per heavy atom. The average Bonchev–Trinajstić information content (AvgIpc) is 2.65. The van der Waals surface area contributed by atoms with Crippen LogP contribution in [0.3, 0.4) is 0 Å². The Labute approximate surface area is 93.5 Å². The Hall–Kier alpha value is -1.62. The van der Waals surface area contributed by atoms with Gasteiger partial charge in [-0.05, 0) is 25.5 Å². The van der Waals surface area contributed by atoms with E-state index in [0.717, 1.165) is 6.42 Å². The predicted molar refractivity (Wildman–Crippen MR) is 58.7 cm³/mol. The lowest BCUT2D eigenvalue weighted by molar-refractivity contribution is 0.0691. The van der Waals surface area contributed by atoms with E-state index in [4.69, 9.17) is 9.84 Å². The van der Waals surface area contributed by atoms with Gasteiger partial charge in [0.1, 0.15) is 0 Å². The lowest BCUT2D eigenvalue weighted by atomic mass is 10.0. The van der Waals surface area contributed by atoms with Crippen molar-refractivity contribution in [1.29, 1.82) is 0 Å². The predicted octanol–water partition coefficient (Wildman–Crippen LogP) is 1.37. The van der Waals surface area contributed by atoms with Gasteiger partial charge in [-0.15, -0.1) is 0 Å². The van der Waals surface area contributed by atoms with E-state index in [-0.39, 0.29) is 11.2 Å². The number of hydrogen-bond acceptors (Lipinski definition) is 4. The number of nitrogens with zero attached hydrogens (tertiary/aromatic N) is 1. The van der Waals surface area contributed by atoms with Gasteiger partial charge >= 0.3 is 5.97 Å². The third kappa shape index (κ3) is 2.14. The summed E-state index contributed by atoms with van der Waals surface area (Å²) in [6, 6.07) is 3.44. The van der Waals surface area contributed by atoms with E-state index < -0.39 is 5.97 Å². The summed E-state index contributed by atoms with van der Waals surface area (Å²) in [7, 11) is 0. The highest BCUT2D eigenvalue weighted by molar-refractivity contribution is 5.91. The van der Waals surface area contributed by atoms with Crippen LogP contribution in [-0.4, -0.2) is 34.8 Å². The number of nitrogens with one attached hydrogen (secondary N) is 1. The highest BCUT2D eigenvalue weighted by Crippen LogP contribution is 2.25. The maximum absolute atomic E-state index is 11.0. The van der Waals surface area contributed by atoms with Crippen LogP contribution >= 0.6 is 0 Å². The van der Waals surface area contributed by atoms with Crippen molar-refractivity contribution in [2.75, 3.05) is 18.5 Å². The number of carboxylic acids is 1. The standard InChI is InChI=1S/C11H14N2O3/c1-11(4-6-16-7-11)13-8-3-2-5-12-9(8)10(14)15/h2-3,5,13H,4,6-7H2,1H3,(H,14,15). The second kappa shape index (κ2) is 4.09. The molecule has 16 heavy (non-hydrogen) atoms. The van der Waals surface area contributed by atoms with Gasteiger partial charge in [0.25, 0.3) is 0 Å².